The molecule has 0 unspecified atom stereocenters. The number of hydrogen-bond donors (Lipinski definition) is 3. The topological polar surface area (TPSA) is 86.8 Å². The van der Waals surface area contributed by atoms with E-state index in [1.165, 1.54) is 6.07 Å². The van der Waals surface area contributed by atoms with E-state index in [0.29, 0.717) is 30.2 Å². The van der Waals surface area contributed by atoms with Gasteiger partial charge in [-0.05, 0) is 17.7 Å². The molecule has 0 aliphatic carbocycles. The first-order valence-corrected chi connectivity index (χ1v) is 5.98. The van der Waals surface area contributed by atoms with Crippen molar-refractivity contribution >= 4 is 17.5 Å². The molecule has 0 fully saturated rings. The van der Waals surface area contributed by atoms with E-state index >= 15 is 0 Å². The number of aliphatic hydroxyl groups excluding tert-OH is 2. The third kappa shape index (κ3) is 4.27. The van der Waals surface area contributed by atoms with Crippen LogP contribution in [0.3, 0.4) is 0 Å². The Balaban J connectivity index is 2.79. The summed E-state index contributed by atoms with van der Waals surface area (Å²) < 4.78 is 0. The molecule has 1 aromatic carbocycles. The van der Waals surface area contributed by atoms with Gasteiger partial charge in [-0.1, -0.05) is 17.7 Å². The van der Waals surface area contributed by atoms with Gasteiger partial charge in [-0.25, -0.2) is 0 Å². The summed E-state index contributed by atoms with van der Waals surface area (Å²) in [5.41, 5.74) is 6.34. The molecule has 0 saturated carbocycles. The van der Waals surface area contributed by atoms with Gasteiger partial charge in [0.1, 0.15) is 0 Å². The highest BCUT2D eigenvalue weighted by Gasteiger charge is 2.10. The molecule has 0 aliphatic rings. The van der Waals surface area contributed by atoms with Gasteiger partial charge in [0.15, 0.2) is 0 Å². The Labute approximate surface area is 111 Å². The van der Waals surface area contributed by atoms with Crippen molar-refractivity contribution < 1.29 is 15.0 Å². The van der Waals surface area contributed by atoms with Crippen LogP contribution in [0.2, 0.25) is 5.02 Å². The van der Waals surface area contributed by atoms with Crippen LogP contribution >= 0.6 is 11.6 Å². The minimum atomic E-state index is -0.522. The number of rotatable bonds is 7. The molecule has 0 atom stereocenters. The standard InChI is InChI=1S/C12H17ClN2O3/c13-11-7-9(12(14)18)1-2-10(11)8-15(3-5-16)4-6-17/h1-2,7,16-17H,3-6,8H2,(H2,14,18). The first kappa shape index (κ1) is 14.9. The summed E-state index contributed by atoms with van der Waals surface area (Å²) in [5, 5.41) is 18.3. The monoisotopic (exact) mass is 272 g/mol. The highest BCUT2D eigenvalue weighted by atomic mass is 35.5. The molecule has 6 heteroatoms. The van der Waals surface area contributed by atoms with E-state index in [1.54, 1.807) is 12.1 Å². The van der Waals surface area contributed by atoms with Gasteiger partial charge in [0.2, 0.25) is 5.91 Å². The first-order chi connectivity index (χ1) is 8.58. The largest absolute Gasteiger partial charge is 0.395 e. The van der Waals surface area contributed by atoms with Gasteiger partial charge in [0.05, 0.1) is 13.2 Å². The number of benzene rings is 1. The van der Waals surface area contributed by atoms with Crippen molar-refractivity contribution in [2.45, 2.75) is 6.54 Å². The Morgan fingerprint density at radius 3 is 2.33 bits per heavy atom. The molecule has 1 aromatic rings. The van der Waals surface area contributed by atoms with E-state index in [9.17, 15) is 4.79 Å². The minimum Gasteiger partial charge on any atom is -0.395 e. The van der Waals surface area contributed by atoms with E-state index in [1.807, 2.05) is 4.90 Å². The van der Waals surface area contributed by atoms with Crippen LogP contribution in [0.5, 0.6) is 0 Å². The Morgan fingerprint density at radius 1 is 1.28 bits per heavy atom. The summed E-state index contributed by atoms with van der Waals surface area (Å²) in [7, 11) is 0. The predicted molar refractivity (Wildman–Crippen MR) is 69.4 cm³/mol. The molecule has 5 nitrogen and oxygen atoms in total. The highest BCUT2D eigenvalue weighted by molar-refractivity contribution is 6.31. The number of aliphatic hydroxyl groups is 2. The van der Waals surface area contributed by atoms with Gasteiger partial charge in [-0.3, -0.25) is 9.69 Å². The lowest BCUT2D eigenvalue weighted by molar-refractivity contribution is 0.100. The zero-order valence-electron chi connectivity index (χ0n) is 9.97. The summed E-state index contributed by atoms with van der Waals surface area (Å²) in [6.07, 6.45) is 0. The maximum Gasteiger partial charge on any atom is 0.248 e. The van der Waals surface area contributed by atoms with Gasteiger partial charge in [0.25, 0.3) is 0 Å². The number of amides is 1. The number of nitrogens with zero attached hydrogens (tertiary/aromatic N) is 1. The van der Waals surface area contributed by atoms with E-state index in [2.05, 4.69) is 0 Å². The van der Waals surface area contributed by atoms with E-state index < -0.39 is 5.91 Å². The van der Waals surface area contributed by atoms with Crippen LogP contribution in [0.1, 0.15) is 15.9 Å². The molecule has 0 bridgehead atoms. The fourth-order valence-corrected chi connectivity index (χ4v) is 1.86. The fourth-order valence-electron chi connectivity index (χ4n) is 1.62. The van der Waals surface area contributed by atoms with E-state index in [-0.39, 0.29) is 13.2 Å². The molecule has 0 heterocycles. The quantitative estimate of drug-likeness (QED) is 0.663. The summed E-state index contributed by atoms with van der Waals surface area (Å²) in [5.74, 6) is -0.522. The molecular formula is C12H17ClN2O3. The van der Waals surface area contributed by atoms with Crippen molar-refractivity contribution in [3.05, 3.63) is 34.3 Å². The molecule has 0 spiro atoms. The van der Waals surface area contributed by atoms with Gasteiger partial charge >= 0.3 is 0 Å². The molecule has 1 amide bonds. The van der Waals surface area contributed by atoms with Gasteiger partial charge < -0.3 is 15.9 Å². The smallest absolute Gasteiger partial charge is 0.248 e. The van der Waals surface area contributed by atoms with Gasteiger partial charge in [-0.2, -0.15) is 0 Å². The molecule has 100 valence electrons. The Kier molecular flexibility index (Phi) is 6.07. The van der Waals surface area contributed by atoms with Crippen molar-refractivity contribution in [1.29, 1.82) is 0 Å². The van der Waals surface area contributed by atoms with Crippen LogP contribution in [0.25, 0.3) is 0 Å². The Bertz CT molecular complexity index is 406. The third-order valence-electron chi connectivity index (χ3n) is 2.56. The van der Waals surface area contributed by atoms with Crippen LogP contribution in [-0.2, 0) is 6.54 Å². The van der Waals surface area contributed by atoms with Crippen LogP contribution in [0.4, 0.5) is 0 Å². The van der Waals surface area contributed by atoms with Crippen molar-refractivity contribution in [2.75, 3.05) is 26.3 Å². The third-order valence-corrected chi connectivity index (χ3v) is 2.92. The zero-order chi connectivity index (χ0) is 13.5. The molecule has 18 heavy (non-hydrogen) atoms. The van der Waals surface area contributed by atoms with E-state index in [4.69, 9.17) is 27.5 Å². The number of carbonyl (C=O) groups is 1. The highest BCUT2D eigenvalue weighted by Crippen LogP contribution is 2.19. The van der Waals surface area contributed by atoms with Gasteiger partial charge in [-0.15, -0.1) is 0 Å². The van der Waals surface area contributed by atoms with Crippen molar-refractivity contribution in [3.8, 4) is 0 Å². The maximum atomic E-state index is 11.0. The summed E-state index contributed by atoms with van der Waals surface area (Å²) in [6.45, 7) is 1.43. The number of primary amides is 1. The Morgan fingerprint density at radius 2 is 1.89 bits per heavy atom. The number of halogens is 1. The molecule has 0 radical (unpaired) electrons. The van der Waals surface area contributed by atoms with Crippen LogP contribution in [-0.4, -0.2) is 47.3 Å². The average molecular weight is 273 g/mol. The average Bonchev–Trinajstić information content (AvgIpc) is 2.32. The maximum absolute atomic E-state index is 11.0. The van der Waals surface area contributed by atoms with Gasteiger partial charge in [0, 0.05) is 30.2 Å². The molecule has 1 rings (SSSR count). The van der Waals surface area contributed by atoms with Crippen LogP contribution in [0.15, 0.2) is 18.2 Å². The lowest BCUT2D eigenvalue weighted by Crippen LogP contribution is -2.29. The van der Waals surface area contributed by atoms with Crippen LogP contribution < -0.4 is 5.73 Å². The second-order valence-corrected chi connectivity index (χ2v) is 4.30. The second kappa shape index (κ2) is 7.33. The molecule has 4 N–H and O–H groups in total. The zero-order valence-corrected chi connectivity index (χ0v) is 10.7. The lowest BCUT2D eigenvalue weighted by atomic mass is 10.1. The normalized spacial score (nSPS) is 10.9. The molecule has 0 aromatic heterocycles. The number of hydrogen-bond acceptors (Lipinski definition) is 4. The fraction of sp³-hybridized carbons (Fsp3) is 0.417. The number of nitrogens with two attached hydrogens (primary N) is 1. The minimum absolute atomic E-state index is 0.0109. The molecule has 0 saturated heterocycles. The molecule has 0 aliphatic heterocycles. The summed E-state index contributed by atoms with van der Waals surface area (Å²) in [4.78, 5) is 12.8. The van der Waals surface area contributed by atoms with Crippen molar-refractivity contribution in [2.24, 2.45) is 5.73 Å². The van der Waals surface area contributed by atoms with Crippen molar-refractivity contribution in [1.82, 2.24) is 4.90 Å². The summed E-state index contributed by atoms with van der Waals surface area (Å²) in [6, 6.07) is 4.86. The summed E-state index contributed by atoms with van der Waals surface area (Å²) >= 11 is 6.06. The number of carbonyl (C=O) groups excluding carboxylic acids is 1. The predicted octanol–water partition coefficient (Wildman–Crippen LogP) is 0.226. The van der Waals surface area contributed by atoms with Crippen molar-refractivity contribution in [3.63, 3.8) is 0 Å². The second-order valence-electron chi connectivity index (χ2n) is 3.89. The Hall–Kier alpha value is -1.14. The lowest BCUT2D eigenvalue weighted by Gasteiger charge is -2.20. The molecular weight excluding hydrogens is 256 g/mol. The SMILES string of the molecule is NC(=O)c1ccc(CN(CCO)CCO)c(Cl)c1. The van der Waals surface area contributed by atoms with Crippen LogP contribution in [0, 0.1) is 0 Å². The first-order valence-electron chi connectivity index (χ1n) is 5.60. The van der Waals surface area contributed by atoms with E-state index in [0.717, 1.165) is 5.56 Å².